The maximum absolute atomic E-state index is 12.6. The first-order chi connectivity index (χ1) is 12.9. The van der Waals surface area contributed by atoms with Gasteiger partial charge in [-0.3, -0.25) is 14.9 Å². The van der Waals surface area contributed by atoms with Gasteiger partial charge in [-0.15, -0.1) is 0 Å². The van der Waals surface area contributed by atoms with Crippen LogP contribution in [0.4, 0.5) is 17.1 Å². The highest BCUT2D eigenvalue weighted by molar-refractivity contribution is 6.37. The average molecular weight is 429 g/mol. The zero-order valence-corrected chi connectivity index (χ0v) is 16.4. The molecule has 2 aromatic carbocycles. The van der Waals surface area contributed by atoms with Gasteiger partial charge in [0, 0.05) is 24.2 Å². The van der Waals surface area contributed by atoms with E-state index >= 15 is 0 Å². The van der Waals surface area contributed by atoms with Crippen molar-refractivity contribution in [3.63, 3.8) is 0 Å². The quantitative estimate of drug-likeness (QED) is 0.493. The first-order valence-electron chi connectivity index (χ1n) is 8.36. The Bertz CT molecular complexity index is 899. The molecule has 1 aliphatic heterocycles. The van der Waals surface area contributed by atoms with E-state index in [2.05, 4.69) is 5.32 Å². The molecular weight excluding hydrogens is 413 g/mol. The Labute approximate surface area is 171 Å². The van der Waals surface area contributed by atoms with Gasteiger partial charge in [0.05, 0.1) is 26.2 Å². The van der Waals surface area contributed by atoms with E-state index in [-0.39, 0.29) is 27.0 Å². The van der Waals surface area contributed by atoms with Crippen LogP contribution < -0.4 is 10.2 Å². The summed E-state index contributed by atoms with van der Waals surface area (Å²) in [4.78, 5) is 25.5. The molecule has 0 aromatic heterocycles. The number of benzene rings is 2. The van der Waals surface area contributed by atoms with Crippen LogP contribution in [0.3, 0.4) is 0 Å². The number of nitrogens with zero attached hydrogens (tertiary/aromatic N) is 2. The third-order valence-corrected chi connectivity index (χ3v) is 5.26. The number of rotatable bonds is 4. The summed E-state index contributed by atoms with van der Waals surface area (Å²) >= 11 is 18.2. The minimum Gasteiger partial charge on any atom is -0.366 e. The summed E-state index contributed by atoms with van der Waals surface area (Å²) in [6, 6.07) is 7.36. The minimum atomic E-state index is -0.497. The number of carbonyl (C=O) groups excluding carboxylic acids is 1. The van der Waals surface area contributed by atoms with E-state index < -0.39 is 10.8 Å². The number of carbonyl (C=O) groups is 1. The molecule has 0 saturated carbocycles. The van der Waals surface area contributed by atoms with Crippen LogP contribution in [-0.2, 0) is 0 Å². The standard InChI is InChI=1S/C18H16Cl3N3O3/c19-11-4-5-13(20)12(8-11)18(25)22-15-10-16(23-6-2-1-3-7-23)17(24(26)27)9-14(15)21/h4-5,8-10H,1-3,6-7H2,(H,22,25). The van der Waals surface area contributed by atoms with E-state index in [4.69, 9.17) is 34.8 Å². The van der Waals surface area contributed by atoms with Crippen molar-refractivity contribution in [2.24, 2.45) is 0 Å². The van der Waals surface area contributed by atoms with E-state index in [9.17, 15) is 14.9 Å². The molecule has 0 aliphatic carbocycles. The lowest BCUT2D eigenvalue weighted by molar-refractivity contribution is -0.384. The molecule has 0 unspecified atom stereocenters. The Hall–Kier alpha value is -2.02. The van der Waals surface area contributed by atoms with Crippen LogP contribution in [-0.4, -0.2) is 23.9 Å². The molecule has 3 rings (SSSR count). The van der Waals surface area contributed by atoms with Gasteiger partial charge in [0.15, 0.2) is 0 Å². The van der Waals surface area contributed by atoms with Crippen molar-refractivity contribution < 1.29 is 9.72 Å². The van der Waals surface area contributed by atoms with Crippen LogP contribution >= 0.6 is 34.8 Å². The van der Waals surface area contributed by atoms with Crippen LogP contribution in [0.15, 0.2) is 30.3 Å². The molecule has 0 spiro atoms. The van der Waals surface area contributed by atoms with Crippen LogP contribution in [0.5, 0.6) is 0 Å². The van der Waals surface area contributed by atoms with Crippen LogP contribution in [0.1, 0.15) is 29.6 Å². The highest BCUT2D eigenvalue weighted by Gasteiger charge is 2.24. The number of anilines is 2. The topological polar surface area (TPSA) is 75.5 Å². The zero-order chi connectivity index (χ0) is 19.6. The van der Waals surface area contributed by atoms with Crippen molar-refractivity contribution in [3.8, 4) is 0 Å². The molecule has 1 heterocycles. The molecule has 27 heavy (non-hydrogen) atoms. The maximum atomic E-state index is 12.6. The highest BCUT2D eigenvalue weighted by Crippen LogP contribution is 2.38. The van der Waals surface area contributed by atoms with Crippen molar-refractivity contribution in [2.45, 2.75) is 19.3 Å². The molecule has 0 atom stereocenters. The molecular formula is C18H16Cl3N3O3. The predicted molar refractivity (Wildman–Crippen MR) is 109 cm³/mol. The lowest BCUT2D eigenvalue weighted by atomic mass is 10.1. The number of hydrogen-bond acceptors (Lipinski definition) is 4. The average Bonchev–Trinajstić information content (AvgIpc) is 2.65. The molecule has 1 aliphatic rings. The molecule has 1 fully saturated rings. The monoisotopic (exact) mass is 427 g/mol. The lowest BCUT2D eigenvalue weighted by Gasteiger charge is -2.29. The van der Waals surface area contributed by atoms with Gasteiger partial charge in [0.2, 0.25) is 0 Å². The van der Waals surface area contributed by atoms with Crippen molar-refractivity contribution >= 4 is 57.8 Å². The summed E-state index contributed by atoms with van der Waals surface area (Å²) in [5, 5.41) is 14.8. The van der Waals surface area contributed by atoms with E-state index in [0.29, 0.717) is 10.7 Å². The summed E-state index contributed by atoms with van der Waals surface area (Å²) in [6.45, 7) is 1.44. The van der Waals surface area contributed by atoms with Gasteiger partial charge in [-0.1, -0.05) is 34.8 Å². The van der Waals surface area contributed by atoms with Gasteiger partial charge < -0.3 is 10.2 Å². The summed E-state index contributed by atoms with van der Waals surface area (Å²) in [7, 11) is 0. The first kappa shape index (κ1) is 19.7. The Morgan fingerprint density at radius 1 is 1.04 bits per heavy atom. The molecule has 0 radical (unpaired) electrons. The van der Waals surface area contributed by atoms with Crippen molar-refractivity contribution in [3.05, 3.63) is 61.1 Å². The number of nitro groups is 1. The number of halogens is 3. The molecule has 1 saturated heterocycles. The zero-order valence-electron chi connectivity index (χ0n) is 14.2. The lowest BCUT2D eigenvalue weighted by Crippen LogP contribution is -2.30. The van der Waals surface area contributed by atoms with E-state index in [1.807, 2.05) is 4.90 Å². The van der Waals surface area contributed by atoms with Gasteiger partial charge in [0.25, 0.3) is 11.6 Å². The fourth-order valence-corrected chi connectivity index (χ4v) is 3.62. The van der Waals surface area contributed by atoms with Crippen molar-refractivity contribution in [2.75, 3.05) is 23.3 Å². The fraction of sp³-hybridized carbons (Fsp3) is 0.278. The third kappa shape index (κ3) is 4.46. The van der Waals surface area contributed by atoms with E-state index in [1.165, 1.54) is 18.2 Å². The van der Waals surface area contributed by atoms with Gasteiger partial charge in [-0.2, -0.15) is 0 Å². The second-order valence-corrected chi connectivity index (χ2v) is 7.45. The minimum absolute atomic E-state index is 0.0777. The van der Waals surface area contributed by atoms with Crippen molar-refractivity contribution in [1.29, 1.82) is 0 Å². The molecule has 142 valence electrons. The van der Waals surface area contributed by atoms with Gasteiger partial charge in [-0.05, 0) is 43.5 Å². The first-order valence-corrected chi connectivity index (χ1v) is 9.49. The van der Waals surface area contributed by atoms with Crippen LogP contribution in [0.25, 0.3) is 0 Å². The normalized spacial score (nSPS) is 14.1. The summed E-state index contributed by atoms with van der Waals surface area (Å²) in [6.07, 6.45) is 3.01. The summed E-state index contributed by atoms with van der Waals surface area (Å²) in [5.74, 6) is -0.497. The SMILES string of the molecule is O=C(Nc1cc(N2CCCCC2)c([N+](=O)[O-])cc1Cl)c1cc(Cl)ccc1Cl. The number of nitrogens with one attached hydrogen (secondary N) is 1. The largest absolute Gasteiger partial charge is 0.366 e. The van der Waals surface area contributed by atoms with E-state index in [1.54, 1.807) is 12.1 Å². The van der Waals surface area contributed by atoms with E-state index in [0.717, 1.165) is 32.4 Å². The Morgan fingerprint density at radius 3 is 2.41 bits per heavy atom. The molecule has 1 amide bonds. The molecule has 1 N–H and O–H groups in total. The van der Waals surface area contributed by atoms with Gasteiger partial charge in [0.1, 0.15) is 5.69 Å². The predicted octanol–water partition coefficient (Wildman–Crippen LogP) is 5.80. The van der Waals surface area contributed by atoms with Crippen molar-refractivity contribution in [1.82, 2.24) is 0 Å². The highest BCUT2D eigenvalue weighted by atomic mass is 35.5. The molecule has 2 aromatic rings. The molecule has 0 bridgehead atoms. The fourth-order valence-electron chi connectivity index (χ4n) is 3.04. The summed E-state index contributed by atoms with van der Waals surface area (Å²) < 4.78 is 0. The third-order valence-electron chi connectivity index (χ3n) is 4.38. The van der Waals surface area contributed by atoms with Gasteiger partial charge in [-0.25, -0.2) is 0 Å². The molecule has 6 nitrogen and oxygen atoms in total. The smallest absolute Gasteiger partial charge is 0.294 e. The number of piperidine rings is 1. The summed E-state index contributed by atoms with van der Waals surface area (Å²) in [5.41, 5.74) is 0.833. The van der Waals surface area contributed by atoms with Gasteiger partial charge >= 0.3 is 0 Å². The molecule has 9 heteroatoms. The second kappa shape index (κ2) is 8.33. The number of hydrogen-bond donors (Lipinski definition) is 1. The van der Waals surface area contributed by atoms with Crippen LogP contribution in [0.2, 0.25) is 15.1 Å². The Kier molecular flexibility index (Phi) is 6.09. The Morgan fingerprint density at radius 2 is 1.74 bits per heavy atom. The Balaban J connectivity index is 1.96. The number of nitro benzene ring substituents is 1. The number of amides is 1. The maximum Gasteiger partial charge on any atom is 0.294 e. The second-order valence-electron chi connectivity index (χ2n) is 6.20. The van der Waals surface area contributed by atoms with Crippen LogP contribution in [0, 0.1) is 10.1 Å².